The molecular formula is C47H76O17. The molecular weight excluding hydrogens is 837 g/mol. The molecule has 0 unspecified atom stereocenters. The lowest BCUT2D eigenvalue weighted by atomic mass is 9.32. The zero-order chi connectivity index (χ0) is 46.5. The predicted octanol–water partition coefficient (Wildman–Crippen LogP) is 0.239. The highest BCUT2D eigenvalue weighted by atomic mass is 16.8. The van der Waals surface area contributed by atoms with Gasteiger partial charge >= 0.3 is 0 Å². The summed E-state index contributed by atoms with van der Waals surface area (Å²) >= 11 is 0. The molecule has 17 heteroatoms. The number of aliphatic hydroxyl groups excluding tert-OH is 10. The molecule has 0 aromatic rings. The fraction of sp³-hybridized carbons (Fsp3) is 0.957. The molecule has 9 aliphatic rings. The van der Waals surface area contributed by atoms with E-state index in [4.69, 9.17) is 33.2 Å². The number of aliphatic hydroxyl groups is 10. The molecule has 4 saturated carbocycles. The third-order valence-corrected chi connectivity index (χ3v) is 19.7. The normalized spacial score (nSPS) is 58.7. The molecule has 366 valence electrons. The molecule has 1 spiro atoms. The number of hydrogen-bond donors (Lipinski definition) is 10. The van der Waals surface area contributed by atoms with Crippen LogP contribution < -0.4 is 0 Å². The smallest absolute Gasteiger partial charge is 0.187 e. The van der Waals surface area contributed by atoms with Gasteiger partial charge in [-0.15, -0.1) is 0 Å². The number of ether oxygens (including phenoxy) is 7. The van der Waals surface area contributed by atoms with Crippen LogP contribution in [0.4, 0.5) is 0 Å². The highest BCUT2D eigenvalue weighted by Crippen LogP contribution is 2.79. The molecule has 10 N–H and O–H groups in total. The minimum atomic E-state index is -1.79. The van der Waals surface area contributed by atoms with Crippen molar-refractivity contribution < 1.29 is 84.2 Å². The van der Waals surface area contributed by atoms with Crippen LogP contribution in [0, 0.1) is 50.2 Å². The van der Waals surface area contributed by atoms with Crippen LogP contribution in [0.25, 0.3) is 0 Å². The Balaban J connectivity index is 0.976. The van der Waals surface area contributed by atoms with E-state index in [1.807, 2.05) is 0 Å². The van der Waals surface area contributed by atoms with E-state index < -0.39 is 134 Å². The molecule has 17 nitrogen and oxygen atoms in total. The maximum absolute atomic E-state index is 12.2. The van der Waals surface area contributed by atoms with E-state index in [0.717, 1.165) is 25.7 Å². The first-order chi connectivity index (χ1) is 29.8. The van der Waals surface area contributed by atoms with Gasteiger partial charge < -0.3 is 84.2 Å². The van der Waals surface area contributed by atoms with Crippen LogP contribution in [0.1, 0.15) is 100 Å². The summed E-state index contributed by atoms with van der Waals surface area (Å²) in [6, 6.07) is 0. The standard InChI is InChI=1S/C47H76O17/c1-21-30(52)33(55)36(64-40-37(34(56)32(54)23(18-48)61-40)63-38-35(57)31(53)22(49)19-58-38)39(60-21)62-29-11-12-43(6)24(42(29,4)5)9-13-44(7)25(43)10-14-47-26-15-41(2,3)27(50)17-46(26,20-59-47)28(51)16-45(44,47)8/h10,14,21-40,48-57H,9,11-13,15-20H2,1-8H3/t21-,22-,23-,24+,25-,26-,27-,28-,29+,30+,31+,32-,33+,34+,35-,36-,37-,38+,39+,40+,43+,44-,45+,46-,47+/m1/s1. The van der Waals surface area contributed by atoms with Crippen molar-refractivity contribution in [3.63, 3.8) is 0 Å². The summed E-state index contributed by atoms with van der Waals surface area (Å²) < 4.78 is 43.8. The summed E-state index contributed by atoms with van der Waals surface area (Å²) in [6.07, 6.45) is -12.8. The predicted molar refractivity (Wildman–Crippen MR) is 223 cm³/mol. The summed E-state index contributed by atoms with van der Waals surface area (Å²) in [5.41, 5.74) is -2.61. The summed E-state index contributed by atoms with van der Waals surface area (Å²) in [5.74, 6) is 0.387. The minimum absolute atomic E-state index is 0.0759. The average molecular weight is 913 g/mol. The van der Waals surface area contributed by atoms with E-state index in [-0.39, 0.29) is 39.4 Å². The topological polar surface area (TPSA) is 267 Å². The van der Waals surface area contributed by atoms with Gasteiger partial charge in [0.15, 0.2) is 18.9 Å². The minimum Gasteiger partial charge on any atom is -0.394 e. The van der Waals surface area contributed by atoms with Crippen molar-refractivity contribution in [2.75, 3.05) is 19.8 Å². The van der Waals surface area contributed by atoms with Gasteiger partial charge in [-0.2, -0.15) is 0 Å². The third kappa shape index (κ3) is 6.65. The van der Waals surface area contributed by atoms with Crippen LogP contribution in [0.15, 0.2) is 12.2 Å². The lowest BCUT2D eigenvalue weighted by Crippen LogP contribution is -2.73. The van der Waals surface area contributed by atoms with Crippen molar-refractivity contribution in [1.29, 1.82) is 0 Å². The molecule has 0 radical (unpaired) electrons. The Bertz CT molecular complexity index is 1770. The first-order valence-electron chi connectivity index (χ1n) is 23.8. The Kier molecular flexibility index (Phi) is 12.1. The molecule has 4 heterocycles. The van der Waals surface area contributed by atoms with E-state index in [1.165, 1.54) is 0 Å². The number of rotatable bonds is 7. The van der Waals surface area contributed by atoms with Gasteiger partial charge in [0.05, 0.1) is 49.8 Å². The first kappa shape index (κ1) is 48.1. The highest BCUT2D eigenvalue weighted by Gasteiger charge is 2.79. The maximum Gasteiger partial charge on any atom is 0.187 e. The van der Waals surface area contributed by atoms with Gasteiger partial charge in [0.1, 0.15) is 61.0 Å². The monoisotopic (exact) mass is 913 g/mol. The van der Waals surface area contributed by atoms with Gasteiger partial charge in [0.25, 0.3) is 0 Å². The Morgan fingerprint density at radius 1 is 0.656 bits per heavy atom. The molecule has 25 atom stereocenters. The van der Waals surface area contributed by atoms with Crippen LogP contribution in [0.2, 0.25) is 0 Å². The Hall–Kier alpha value is -0.940. The van der Waals surface area contributed by atoms with Crippen LogP contribution in [-0.2, 0) is 33.2 Å². The van der Waals surface area contributed by atoms with Gasteiger partial charge in [-0.05, 0) is 85.4 Å². The molecule has 5 aliphatic carbocycles. The van der Waals surface area contributed by atoms with Crippen molar-refractivity contribution >= 4 is 0 Å². The Morgan fingerprint density at radius 2 is 1.31 bits per heavy atom. The second-order valence-electron chi connectivity index (χ2n) is 23.5. The first-order valence-corrected chi connectivity index (χ1v) is 23.8. The molecule has 0 aromatic carbocycles. The van der Waals surface area contributed by atoms with Gasteiger partial charge in [0, 0.05) is 16.7 Å². The third-order valence-electron chi connectivity index (χ3n) is 19.7. The summed E-state index contributed by atoms with van der Waals surface area (Å²) in [4.78, 5) is 0. The van der Waals surface area contributed by atoms with Crippen LogP contribution in [0.5, 0.6) is 0 Å². The van der Waals surface area contributed by atoms with Crippen molar-refractivity contribution in [2.24, 2.45) is 50.2 Å². The lowest BCUT2D eigenvalue weighted by Gasteiger charge is -2.73. The fourth-order valence-corrected chi connectivity index (χ4v) is 15.5. The number of allylic oxidation sites excluding steroid dienone is 1. The van der Waals surface area contributed by atoms with E-state index in [9.17, 15) is 51.1 Å². The molecule has 8 fully saturated rings. The molecule has 0 aromatic heterocycles. The summed E-state index contributed by atoms with van der Waals surface area (Å²) in [7, 11) is 0. The molecule has 2 bridgehead atoms. The largest absolute Gasteiger partial charge is 0.394 e. The number of hydrogen-bond acceptors (Lipinski definition) is 17. The van der Waals surface area contributed by atoms with Gasteiger partial charge in [-0.1, -0.05) is 60.6 Å². The van der Waals surface area contributed by atoms with Gasteiger partial charge in [0.2, 0.25) is 0 Å². The van der Waals surface area contributed by atoms with E-state index in [0.29, 0.717) is 25.9 Å². The van der Waals surface area contributed by atoms with Gasteiger partial charge in [-0.25, -0.2) is 0 Å². The van der Waals surface area contributed by atoms with Crippen LogP contribution in [-0.4, -0.2) is 181 Å². The molecule has 4 saturated heterocycles. The van der Waals surface area contributed by atoms with E-state index >= 15 is 0 Å². The van der Waals surface area contributed by atoms with Crippen LogP contribution >= 0.6 is 0 Å². The van der Waals surface area contributed by atoms with E-state index in [1.54, 1.807) is 6.92 Å². The molecule has 64 heavy (non-hydrogen) atoms. The lowest BCUT2D eigenvalue weighted by molar-refractivity contribution is -0.393. The molecule has 4 aliphatic heterocycles. The summed E-state index contributed by atoms with van der Waals surface area (Å²) in [5, 5.41) is 109. The van der Waals surface area contributed by atoms with Crippen molar-refractivity contribution in [3.05, 3.63) is 12.2 Å². The molecule has 0 amide bonds. The molecule has 9 rings (SSSR count). The Morgan fingerprint density at radius 3 is 2.00 bits per heavy atom. The number of fused-ring (bicyclic) bond motifs is 4. The zero-order valence-electron chi connectivity index (χ0n) is 38.6. The quantitative estimate of drug-likeness (QED) is 0.121. The van der Waals surface area contributed by atoms with Crippen molar-refractivity contribution in [1.82, 2.24) is 0 Å². The van der Waals surface area contributed by atoms with Crippen LogP contribution in [0.3, 0.4) is 0 Å². The van der Waals surface area contributed by atoms with Crippen molar-refractivity contribution in [2.45, 2.75) is 210 Å². The fourth-order valence-electron chi connectivity index (χ4n) is 15.5. The van der Waals surface area contributed by atoms with Crippen molar-refractivity contribution in [3.8, 4) is 0 Å². The average Bonchev–Trinajstić information content (AvgIpc) is 3.49. The maximum atomic E-state index is 12.2. The van der Waals surface area contributed by atoms with E-state index in [2.05, 4.69) is 60.6 Å². The SMILES string of the molecule is C[C@H]1O[C@@H](O[C@H]2CC[C@]3(C)[C@H]4C=C[C@]56OC[C@@]7(C[C@@H](O)C(C)(C)C[C@H]75)[C@H](O)C[C@@]6(C)[C@]4(C)CC[C@H]3C2(C)C)[C@H](O[C@@H]2O[C@H](CO)[C@@H](O)[C@H](O)[C@H]2O[C@@H]2OC[C@@H](O)[C@H](O)[C@H]2O)[C@@H](O)[C@H]1O. The summed E-state index contributed by atoms with van der Waals surface area (Å²) in [6.45, 7) is 16.8. The zero-order valence-corrected chi connectivity index (χ0v) is 38.6. The Labute approximate surface area is 376 Å². The van der Waals surface area contributed by atoms with Gasteiger partial charge in [-0.3, -0.25) is 0 Å². The highest BCUT2D eigenvalue weighted by molar-refractivity contribution is 5.36. The second kappa shape index (κ2) is 16.1. The second-order valence-corrected chi connectivity index (χ2v) is 23.5.